The van der Waals surface area contributed by atoms with Crippen molar-refractivity contribution in [2.75, 3.05) is 33.7 Å². The number of likely N-dealkylation sites (N-methyl/N-ethyl adjacent to an activating group) is 1. The van der Waals surface area contributed by atoms with Crippen LogP contribution in [-0.2, 0) is 6.54 Å². The zero-order chi connectivity index (χ0) is 14.4. The van der Waals surface area contributed by atoms with Gasteiger partial charge < -0.3 is 10.2 Å². The molecule has 1 aromatic carbocycles. The SMILES string of the molecule is CC(CN(C)C)NC1CCCN(Cc2ccccc2)C1. The van der Waals surface area contributed by atoms with E-state index in [0.29, 0.717) is 12.1 Å². The lowest BCUT2D eigenvalue weighted by atomic mass is 10.0. The van der Waals surface area contributed by atoms with Gasteiger partial charge in [0, 0.05) is 31.7 Å². The Bertz CT molecular complexity index is 377. The van der Waals surface area contributed by atoms with Crippen LogP contribution in [-0.4, -0.2) is 55.6 Å². The van der Waals surface area contributed by atoms with Gasteiger partial charge in [-0.15, -0.1) is 0 Å². The van der Waals surface area contributed by atoms with Gasteiger partial charge in [-0.05, 0) is 46.0 Å². The largest absolute Gasteiger partial charge is 0.309 e. The van der Waals surface area contributed by atoms with Crippen molar-refractivity contribution in [3.63, 3.8) is 0 Å². The molecule has 0 radical (unpaired) electrons. The van der Waals surface area contributed by atoms with Crippen LogP contribution in [0.15, 0.2) is 30.3 Å². The van der Waals surface area contributed by atoms with Gasteiger partial charge in [0.25, 0.3) is 0 Å². The average Bonchev–Trinajstić information content (AvgIpc) is 2.39. The van der Waals surface area contributed by atoms with E-state index in [-0.39, 0.29) is 0 Å². The summed E-state index contributed by atoms with van der Waals surface area (Å²) >= 11 is 0. The lowest BCUT2D eigenvalue weighted by Gasteiger charge is -2.35. The fourth-order valence-corrected chi connectivity index (χ4v) is 3.18. The van der Waals surface area contributed by atoms with E-state index in [1.807, 2.05) is 0 Å². The molecule has 20 heavy (non-hydrogen) atoms. The molecule has 2 rings (SSSR count). The second kappa shape index (κ2) is 7.77. The molecular formula is C17H29N3. The molecule has 0 spiro atoms. The zero-order valence-corrected chi connectivity index (χ0v) is 13.2. The van der Waals surface area contributed by atoms with E-state index < -0.39 is 0 Å². The molecule has 2 atom stereocenters. The number of benzene rings is 1. The highest BCUT2D eigenvalue weighted by Crippen LogP contribution is 2.14. The molecule has 2 unspecified atom stereocenters. The number of hydrogen-bond donors (Lipinski definition) is 1. The monoisotopic (exact) mass is 275 g/mol. The number of hydrogen-bond acceptors (Lipinski definition) is 3. The van der Waals surface area contributed by atoms with Crippen LogP contribution in [0.25, 0.3) is 0 Å². The van der Waals surface area contributed by atoms with Gasteiger partial charge in [-0.3, -0.25) is 4.90 Å². The second-order valence-corrected chi connectivity index (χ2v) is 6.39. The van der Waals surface area contributed by atoms with E-state index >= 15 is 0 Å². The summed E-state index contributed by atoms with van der Waals surface area (Å²) in [5.74, 6) is 0. The van der Waals surface area contributed by atoms with Crippen molar-refractivity contribution in [3.8, 4) is 0 Å². The first-order valence-corrected chi connectivity index (χ1v) is 7.80. The van der Waals surface area contributed by atoms with Crippen LogP contribution in [0.4, 0.5) is 0 Å². The Morgan fingerprint density at radius 1 is 1.30 bits per heavy atom. The van der Waals surface area contributed by atoms with Crippen LogP contribution in [0, 0.1) is 0 Å². The maximum absolute atomic E-state index is 3.78. The average molecular weight is 275 g/mol. The summed E-state index contributed by atoms with van der Waals surface area (Å²) in [5.41, 5.74) is 1.43. The normalized spacial score (nSPS) is 22.1. The third-order valence-corrected chi connectivity index (χ3v) is 3.91. The molecule has 1 aliphatic heterocycles. The lowest BCUT2D eigenvalue weighted by molar-refractivity contribution is 0.172. The predicted octanol–water partition coefficient (Wildman–Crippen LogP) is 2.19. The highest BCUT2D eigenvalue weighted by atomic mass is 15.2. The van der Waals surface area contributed by atoms with Gasteiger partial charge in [-0.2, -0.15) is 0 Å². The molecule has 3 nitrogen and oxygen atoms in total. The van der Waals surface area contributed by atoms with Gasteiger partial charge in [-0.1, -0.05) is 30.3 Å². The number of rotatable bonds is 6. The summed E-state index contributed by atoms with van der Waals surface area (Å²) in [5, 5.41) is 3.78. The van der Waals surface area contributed by atoms with Crippen LogP contribution in [0.5, 0.6) is 0 Å². The number of piperidine rings is 1. The number of nitrogens with zero attached hydrogens (tertiary/aromatic N) is 2. The molecule has 1 aliphatic rings. The first kappa shape index (κ1) is 15.5. The minimum Gasteiger partial charge on any atom is -0.309 e. The van der Waals surface area contributed by atoms with Crippen molar-refractivity contribution in [2.45, 2.75) is 38.4 Å². The topological polar surface area (TPSA) is 18.5 Å². The van der Waals surface area contributed by atoms with Crippen LogP contribution >= 0.6 is 0 Å². The third-order valence-electron chi connectivity index (χ3n) is 3.91. The molecule has 1 aromatic rings. The standard InChI is InChI=1S/C17H29N3/c1-15(12-19(2)3)18-17-10-7-11-20(14-17)13-16-8-5-4-6-9-16/h4-6,8-9,15,17-18H,7,10-14H2,1-3H3. The molecule has 0 bridgehead atoms. The Hall–Kier alpha value is -0.900. The summed E-state index contributed by atoms with van der Waals surface area (Å²) in [6, 6.07) is 12.0. The molecule has 1 heterocycles. The van der Waals surface area contributed by atoms with Gasteiger partial charge in [0.05, 0.1) is 0 Å². The molecule has 3 heteroatoms. The van der Waals surface area contributed by atoms with Crippen molar-refractivity contribution >= 4 is 0 Å². The summed E-state index contributed by atoms with van der Waals surface area (Å²) in [4.78, 5) is 4.83. The Balaban J connectivity index is 1.79. The van der Waals surface area contributed by atoms with Gasteiger partial charge in [-0.25, -0.2) is 0 Å². The summed E-state index contributed by atoms with van der Waals surface area (Å²) < 4.78 is 0. The molecule has 112 valence electrons. The molecule has 1 fully saturated rings. The Morgan fingerprint density at radius 3 is 2.75 bits per heavy atom. The Kier molecular flexibility index (Phi) is 6.02. The maximum Gasteiger partial charge on any atom is 0.0234 e. The summed E-state index contributed by atoms with van der Waals surface area (Å²) in [7, 11) is 4.28. The fourth-order valence-electron chi connectivity index (χ4n) is 3.18. The van der Waals surface area contributed by atoms with Gasteiger partial charge in [0.2, 0.25) is 0 Å². The van der Waals surface area contributed by atoms with Crippen LogP contribution in [0.1, 0.15) is 25.3 Å². The molecule has 0 amide bonds. The molecule has 1 N–H and O–H groups in total. The number of nitrogens with one attached hydrogen (secondary N) is 1. The fraction of sp³-hybridized carbons (Fsp3) is 0.647. The first-order valence-electron chi connectivity index (χ1n) is 7.80. The lowest BCUT2D eigenvalue weighted by Crippen LogP contribution is -2.50. The van der Waals surface area contributed by atoms with E-state index in [1.165, 1.54) is 31.5 Å². The highest BCUT2D eigenvalue weighted by molar-refractivity contribution is 5.14. The molecule has 0 saturated carbocycles. The van der Waals surface area contributed by atoms with Crippen molar-refractivity contribution in [1.82, 2.24) is 15.1 Å². The predicted molar refractivity (Wildman–Crippen MR) is 85.9 cm³/mol. The first-order chi connectivity index (χ1) is 9.63. The van der Waals surface area contributed by atoms with Crippen LogP contribution in [0.3, 0.4) is 0 Å². The van der Waals surface area contributed by atoms with Crippen molar-refractivity contribution in [3.05, 3.63) is 35.9 Å². The maximum atomic E-state index is 3.78. The molecule has 1 saturated heterocycles. The van der Waals surface area contributed by atoms with Crippen LogP contribution < -0.4 is 5.32 Å². The van der Waals surface area contributed by atoms with E-state index in [9.17, 15) is 0 Å². The van der Waals surface area contributed by atoms with Gasteiger partial charge in [0.1, 0.15) is 0 Å². The second-order valence-electron chi connectivity index (χ2n) is 6.39. The highest BCUT2D eigenvalue weighted by Gasteiger charge is 2.21. The quantitative estimate of drug-likeness (QED) is 0.858. The Labute approximate surface area is 124 Å². The Morgan fingerprint density at radius 2 is 2.05 bits per heavy atom. The van der Waals surface area contributed by atoms with Crippen LogP contribution in [0.2, 0.25) is 0 Å². The van der Waals surface area contributed by atoms with E-state index in [0.717, 1.165) is 13.1 Å². The molecular weight excluding hydrogens is 246 g/mol. The van der Waals surface area contributed by atoms with Gasteiger partial charge in [0.15, 0.2) is 0 Å². The zero-order valence-electron chi connectivity index (χ0n) is 13.2. The molecule has 0 aromatic heterocycles. The third kappa shape index (κ3) is 5.23. The minimum absolute atomic E-state index is 0.562. The minimum atomic E-state index is 0.562. The molecule has 0 aliphatic carbocycles. The van der Waals surface area contributed by atoms with E-state index in [4.69, 9.17) is 0 Å². The van der Waals surface area contributed by atoms with Crippen molar-refractivity contribution < 1.29 is 0 Å². The van der Waals surface area contributed by atoms with E-state index in [1.54, 1.807) is 0 Å². The summed E-state index contributed by atoms with van der Waals surface area (Å²) in [6.45, 7) is 6.88. The van der Waals surface area contributed by atoms with Gasteiger partial charge >= 0.3 is 0 Å². The number of likely N-dealkylation sites (tertiary alicyclic amines) is 1. The van der Waals surface area contributed by atoms with E-state index in [2.05, 4.69) is 66.5 Å². The smallest absolute Gasteiger partial charge is 0.0234 e. The van der Waals surface area contributed by atoms with Crippen molar-refractivity contribution in [1.29, 1.82) is 0 Å². The van der Waals surface area contributed by atoms with Crippen molar-refractivity contribution in [2.24, 2.45) is 0 Å². The summed E-state index contributed by atoms with van der Waals surface area (Å²) in [6.07, 6.45) is 2.61.